The lowest BCUT2D eigenvalue weighted by Gasteiger charge is -2.18. The van der Waals surface area contributed by atoms with Crippen molar-refractivity contribution in [2.75, 3.05) is 32.8 Å². The Morgan fingerprint density at radius 3 is 2.59 bits per heavy atom. The minimum Gasteiger partial charge on any atom is -0.493 e. The first kappa shape index (κ1) is 21.9. The molecular formula is C27H30N2O3. The van der Waals surface area contributed by atoms with Crippen LogP contribution in [0.25, 0.3) is 11.1 Å². The van der Waals surface area contributed by atoms with Crippen molar-refractivity contribution < 1.29 is 14.3 Å². The van der Waals surface area contributed by atoms with Gasteiger partial charge in [-0.3, -0.25) is 9.69 Å². The molecule has 1 amide bonds. The smallest absolute Gasteiger partial charge is 0.255 e. The summed E-state index contributed by atoms with van der Waals surface area (Å²) in [5.41, 5.74) is 2.93. The van der Waals surface area contributed by atoms with Gasteiger partial charge in [0.2, 0.25) is 0 Å². The Bertz CT molecular complexity index is 1020. The van der Waals surface area contributed by atoms with Gasteiger partial charge in [0.05, 0.1) is 12.2 Å². The summed E-state index contributed by atoms with van der Waals surface area (Å²) in [5, 5.41) is 3.16. The topological polar surface area (TPSA) is 50.8 Å². The summed E-state index contributed by atoms with van der Waals surface area (Å²) in [6, 6.07) is 26.0. The number of para-hydroxylation sites is 1. The van der Waals surface area contributed by atoms with Gasteiger partial charge in [-0.2, -0.15) is 0 Å². The summed E-state index contributed by atoms with van der Waals surface area (Å²) in [4.78, 5) is 15.1. The Kier molecular flexibility index (Phi) is 7.41. The summed E-state index contributed by atoms with van der Waals surface area (Å²) in [6.45, 7) is 5.68. The van der Waals surface area contributed by atoms with Crippen LogP contribution in [-0.4, -0.2) is 49.7 Å². The molecule has 4 rings (SSSR count). The molecule has 5 nitrogen and oxygen atoms in total. The van der Waals surface area contributed by atoms with E-state index in [1.165, 1.54) is 5.56 Å². The Balaban J connectivity index is 1.24. The molecule has 1 heterocycles. The molecule has 0 spiro atoms. The maximum atomic E-state index is 12.7. The maximum Gasteiger partial charge on any atom is 0.255 e. The molecule has 1 saturated heterocycles. The average Bonchev–Trinajstić information content (AvgIpc) is 3.27. The van der Waals surface area contributed by atoms with Crippen LogP contribution in [0.1, 0.15) is 23.7 Å². The highest BCUT2D eigenvalue weighted by atomic mass is 16.5. The summed E-state index contributed by atoms with van der Waals surface area (Å²) in [5.74, 6) is 1.44. The van der Waals surface area contributed by atoms with Gasteiger partial charge in [-0.25, -0.2) is 0 Å². The van der Waals surface area contributed by atoms with Crippen molar-refractivity contribution in [2.45, 2.75) is 19.4 Å². The van der Waals surface area contributed by atoms with Crippen molar-refractivity contribution in [3.05, 3.63) is 84.4 Å². The van der Waals surface area contributed by atoms with Gasteiger partial charge < -0.3 is 14.8 Å². The molecule has 32 heavy (non-hydrogen) atoms. The molecule has 3 aromatic rings. The molecule has 166 valence electrons. The van der Waals surface area contributed by atoms with E-state index in [9.17, 15) is 4.79 Å². The first-order valence-corrected chi connectivity index (χ1v) is 11.3. The third-order valence-electron chi connectivity index (χ3n) is 5.66. The van der Waals surface area contributed by atoms with E-state index in [2.05, 4.69) is 34.5 Å². The third kappa shape index (κ3) is 5.68. The Morgan fingerprint density at radius 2 is 1.75 bits per heavy atom. The predicted octanol–water partition coefficient (Wildman–Crippen LogP) is 4.64. The molecule has 1 atom stereocenters. The number of likely N-dealkylation sites (tertiary alicyclic amines) is 1. The molecule has 0 bridgehead atoms. The van der Waals surface area contributed by atoms with E-state index < -0.39 is 0 Å². The van der Waals surface area contributed by atoms with E-state index in [-0.39, 0.29) is 11.9 Å². The van der Waals surface area contributed by atoms with Crippen LogP contribution >= 0.6 is 0 Å². The van der Waals surface area contributed by atoms with Crippen LogP contribution < -0.4 is 14.8 Å². The largest absolute Gasteiger partial charge is 0.493 e. The Morgan fingerprint density at radius 1 is 0.969 bits per heavy atom. The lowest BCUT2D eigenvalue weighted by Crippen LogP contribution is -2.38. The van der Waals surface area contributed by atoms with Crippen molar-refractivity contribution in [1.29, 1.82) is 0 Å². The third-order valence-corrected chi connectivity index (χ3v) is 5.66. The molecule has 0 radical (unpaired) electrons. The summed E-state index contributed by atoms with van der Waals surface area (Å²) >= 11 is 0. The number of amides is 1. The predicted molar refractivity (Wildman–Crippen MR) is 127 cm³/mol. The second-order valence-electron chi connectivity index (χ2n) is 7.93. The van der Waals surface area contributed by atoms with Crippen LogP contribution in [0.15, 0.2) is 78.9 Å². The van der Waals surface area contributed by atoms with Gasteiger partial charge in [-0.1, -0.05) is 54.6 Å². The van der Waals surface area contributed by atoms with Crippen molar-refractivity contribution in [3.8, 4) is 22.6 Å². The van der Waals surface area contributed by atoms with Crippen molar-refractivity contribution in [1.82, 2.24) is 10.2 Å². The van der Waals surface area contributed by atoms with E-state index in [4.69, 9.17) is 9.47 Å². The number of ether oxygens (including phenoxy) is 2. The highest BCUT2D eigenvalue weighted by molar-refractivity contribution is 5.97. The number of nitrogens with zero attached hydrogens (tertiary/aromatic N) is 1. The lowest BCUT2D eigenvalue weighted by atomic mass is 10.1. The Hall–Kier alpha value is -3.31. The fourth-order valence-electron chi connectivity index (χ4n) is 4.04. The summed E-state index contributed by atoms with van der Waals surface area (Å²) < 4.78 is 11.6. The molecule has 0 aromatic heterocycles. The van der Waals surface area contributed by atoms with Crippen LogP contribution in [0, 0.1) is 0 Å². The van der Waals surface area contributed by atoms with Crippen LogP contribution in [0.5, 0.6) is 11.5 Å². The van der Waals surface area contributed by atoms with Gasteiger partial charge in [0.15, 0.2) is 0 Å². The van der Waals surface area contributed by atoms with Gasteiger partial charge in [0, 0.05) is 25.7 Å². The van der Waals surface area contributed by atoms with E-state index in [0.717, 1.165) is 37.4 Å². The molecule has 1 fully saturated rings. The number of rotatable bonds is 9. The van der Waals surface area contributed by atoms with Gasteiger partial charge in [0.25, 0.3) is 5.91 Å². The molecule has 3 aromatic carbocycles. The standard InChI is InChI=1S/C27H30N2O3/c1-2-31-26-14-7-6-13-25(26)27(30)28-23-15-16-29(20-23)17-18-32-24-12-8-11-22(19-24)21-9-4-3-5-10-21/h3-14,19,23H,2,15-18,20H2,1H3,(H,28,30). The lowest BCUT2D eigenvalue weighted by molar-refractivity contribution is 0.0933. The van der Waals surface area contributed by atoms with Gasteiger partial charge in [-0.05, 0) is 48.7 Å². The molecule has 1 unspecified atom stereocenters. The fourth-order valence-corrected chi connectivity index (χ4v) is 4.04. The monoisotopic (exact) mass is 430 g/mol. The van der Waals surface area contributed by atoms with Crippen LogP contribution in [-0.2, 0) is 0 Å². The second kappa shape index (κ2) is 10.8. The number of carbonyl (C=O) groups is 1. The maximum absolute atomic E-state index is 12.7. The highest BCUT2D eigenvalue weighted by Crippen LogP contribution is 2.24. The minimum absolute atomic E-state index is 0.0742. The summed E-state index contributed by atoms with van der Waals surface area (Å²) in [7, 11) is 0. The normalized spacial score (nSPS) is 16.0. The first-order valence-electron chi connectivity index (χ1n) is 11.3. The van der Waals surface area contributed by atoms with Gasteiger partial charge in [0.1, 0.15) is 18.1 Å². The second-order valence-corrected chi connectivity index (χ2v) is 7.93. The minimum atomic E-state index is -0.0742. The van der Waals surface area contributed by atoms with Crippen molar-refractivity contribution in [2.24, 2.45) is 0 Å². The van der Waals surface area contributed by atoms with Crippen molar-refractivity contribution in [3.63, 3.8) is 0 Å². The number of hydrogen-bond donors (Lipinski definition) is 1. The first-order chi connectivity index (χ1) is 15.7. The van der Waals surface area contributed by atoms with Gasteiger partial charge >= 0.3 is 0 Å². The highest BCUT2D eigenvalue weighted by Gasteiger charge is 2.25. The molecule has 1 N–H and O–H groups in total. The molecule has 0 aliphatic carbocycles. The van der Waals surface area contributed by atoms with E-state index in [0.29, 0.717) is 24.5 Å². The van der Waals surface area contributed by atoms with E-state index in [1.54, 1.807) is 0 Å². The van der Waals surface area contributed by atoms with Crippen molar-refractivity contribution >= 4 is 5.91 Å². The zero-order chi connectivity index (χ0) is 22.2. The Labute approximate surface area is 190 Å². The SMILES string of the molecule is CCOc1ccccc1C(=O)NC1CCN(CCOc2cccc(-c3ccccc3)c2)C1. The van der Waals surface area contributed by atoms with E-state index in [1.807, 2.05) is 61.5 Å². The number of nitrogens with one attached hydrogen (secondary N) is 1. The van der Waals surface area contributed by atoms with Crippen LogP contribution in [0.4, 0.5) is 0 Å². The molecule has 5 heteroatoms. The zero-order valence-corrected chi connectivity index (χ0v) is 18.5. The average molecular weight is 431 g/mol. The number of hydrogen-bond acceptors (Lipinski definition) is 4. The van der Waals surface area contributed by atoms with E-state index >= 15 is 0 Å². The number of benzene rings is 3. The molecular weight excluding hydrogens is 400 g/mol. The zero-order valence-electron chi connectivity index (χ0n) is 18.5. The summed E-state index contributed by atoms with van der Waals surface area (Å²) in [6.07, 6.45) is 0.937. The van der Waals surface area contributed by atoms with Gasteiger partial charge in [-0.15, -0.1) is 0 Å². The molecule has 0 saturated carbocycles. The fraction of sp³-hybridized carbons (Fsp3) is 0.296. The quantitative estimate of drug-likeness (QED) is 0.538. The number of carbonyl (C=O) groups excluding carboxylic acids is 1. The van der Waals surface area contributed by atoms with Crippen LogP contribution in [0.3, 0.4) is 0 Å². The molecule has 1 aliphatic rings. The van der Waals surface area contributed by atoms with Crippen LogP contribution in [0.2, 0.25) is 0 Å². The molecule has 1 aliphatic heterocycles.